The normalized spacial score (nSPS) is 14.6. The molecule has 1 saturated heterocycles. The van der Waals surface area contributed by atoms with Crippen LogP contribution >= 0.6 is 0 Å². The highest BCUT2D eigenvalue weighted by Gasteiger charge is 2.21. The van der Waals surface area contributed by atoms with Gasteiger partial charge in [0.1, 0.15) is 5.82 Å². The van der Waals surface area contributed by atoms with Crippen molar-refractivity contribution in [1.82, 2.24) is 29.1 Å². The molecule has 4 heterocycles. The highest BCUT2D eigenvalue weighted by Crippen LogP contribution is 2.17. The Bertz CT molecular complexity index is 1040. The molecule has 10 heteroatoms. The van der Waals surface area contributed by atoms with E-state index in [1.165, 1.54) is 17.7 Å². The number of aromatic nitrogens is 6. The zero-order valence-electron chi connectivity index (χ0n) is 15.2. The van der Waals surface area contributed by atoms with Crippen LogP contribution in [0.25, 0.3) is 5.82 Å². The first-order valence-corrected chi connectivity index (χ1v) is 8.65. The summed E-state index contributed by atoms with van der Waals surface area (Å²) in [5.41, 5.74) is -0.615. The molecular weight excluding hydrogens is 348 g/mol. The Morgan fingerprint density at radius 1 is 0.889 bits per heavy atom. The van der Waals surface area contributed by atoms with Crippen molar-refractivity contribution in [1.29, 1.82) is 0 Å². The third-order valence-electron chi connectivity index (χ3n) is 4.80. The van der Waals surface area contributed by atoms with Gasteiger partial charge in [0, 0.05) is 58.7 Å². The molecule has 1 fully saturated rings. The molecule has 27 heavy (non-hydrogen) atoms. The summed E-state index contributed by atoms with van der Waals surface area (Å²) >= 11 is 0. The molecule has 4 rings (SSSR count). The van der Waals surface area contributed by atoms with Gasteiger partial charge >= 0.3 is 5.69 Å². The predicted molar refractivity (Wildman–Crippen MR) is 101 cm³/mol. The first-order valence-electron chi connectivity index (χ1n) is 8.65. The van der Waals surface area contributed by atoms with Crippen LogP contribution in [0, 0.1) is 0 Å². The SMILES string of the molecule is Cn1c(N2CCN(c3ccc(-n4cccn4)nn3)CC2)cc(=O)n(C)c1=O. The standard InChI is InChI=1S/C17H20N8O2/c1-21-15(12-16(26)22(2)17(21)27)24-10-8-23(9-11-24)13-4-5-14(20-19-13)25-7-3-6-18-25/h3-7,12H,8-11H2,1-2H3. The van der Waals surface area contributed by atoms with Gasteiger partial charge in [-0.2, -0.15) is 5.10 Å². The topological polar surface area (TPSA) is 94.1 Å². The van der Waals surface area contributed by atoms with Crippen molar-refractivity contribution in [3.8, 4) is 5.82 Å². The quantitative estimate of drug-likeness (QED) is 0.608. The monoisotopic (exact) mass is 368 g/mol. The lowest BCUT2D eigenvalue weighted by molar-refractivity contribution is 0.605. The third kappa shape index (κ3) is 3.09. The summed E-state index contributed by atoms with van der Waals surface area (Å²) in [7, 11) is 3.17. The van der Waals surface area contributed by atoms with Crippen LogP contribution in [-0.2, 0) is 14.1 Å². The second-order valence-corrected chi connectivity index (χ2v) is 6.42. The van der Waals surface area contributed by atoms with Crippen LogP contribution in [0.3, 0.4) is 0 Å². The number of hydrogen-bond acceptors (Lipinski definition) is 7. The van der Waals surface area contributed by atoms with E-state index in [4.69, 9.17) is 0 Å². The average molecular weight is 368 g/mol. The van der Waals surface area contributed by atoms with E-state index in [-0.39, 0.29) is 11.2 Å². The first kappa shape index (κ1) is 17.0. The van der Waals surface area contributed by atoms with E-state index in [9.17, 15) is 9.59 Å². The molecule has 1 aliphatic rings. The maximum atomic E-state index is 12.1. The molecule has 0 spiro atoms. The van der Waals surface area contributed by atoms with E-state index >= 15 is 0 Å². The first-order chi connectivity index (χ1) is 13.0. The van der Waals surface area contributed by atoms with Crippen molar-refractivity contribution in [3.63, 3.8) is 0 Å². The Kier molecular flexibility index (Phi) is 4.22. The molecule has 10 nitrogen and oxygen atoms in total. The van der Waals surface area contributed by atoms with Crippen LogP contribution < -0.4 is 21.0 Å². The third-order valence-corrected chi connectivity index (χ3v) is 4.80. The summed E-state index contributed by atoms with van der Waals surface area (Å²) in [6, 6.07) is 7.15. The molecule has 0 amide bonds. The Labute approximate surface area is 154 Å². The fourth-order valence-electron chi connectivity index (χ4n) is 3.20. The maximum absolute atomic E-state index is 12.1. The molecule has 0 aromatic carbocycles. The lowest BCUT2D eigenvalue weighted by atomic mass is 10.3. The molecule has 0 bridgehead atoms. The van der Waals surface area contributed by atoms with Crippen LogP contribution in [-0.4, -0.2) is 55.3 Å². The minimum Gasteiger partial charge on any atom is -0.354 e. The summed E-state index contributed by atoms with van der Waals surface area (Å²) < 4.78 is 4.28. The molecule has 140 valence electrons. The number of hydrogen-bond donors (Lipinski definition) is 0. The van der Waals surface area contributed by atoms with Gasteiger partial charge in [-0.1, -0.05) is 0 Å². The molecule has 0 radical (unpaired) electrons. The lowest BCUT2D eigenvalue weighted by Crippen LogP contribution is -2.49. The smallest absolute Gasteiger partial charge is 0.332 e. The zero-order chi connectivity index (χ0) is 19.0. The van der Waals surface area contributed by atoms with Gasteiger partial charge in [0.25, 0.3) is 5.56 Å². The zero-order valence-corrected chi connectivity index (χ0v) is 15.2. The summed E-state index contributed by atoms with van der Waals surface area (Å²) in [6.07, 6.45) is 3.51. The molecule has 0 aliphatic carbocycles. The molecule has 0 atom stereocenters. The fourth-order valence-corrected chi connectivity index (χ4v) is 3.20. The Morgan fingerprint density at radius 3 is 2.19 bits per heavy atom. The molecule has 1 aliphatic heterocycles. The van der Waals surface area contributed by atoms with Gasteiger partial charge in [0.05, 0.1) is 0 Å². The van der Waals surface area contributed by atoms with Gasteiger partial charge in [-0.3, -0.25) is 13.9 Å². The molecule has 3 aromatic heterocycles. The minimum atomic E-state index is -0.319. The van der Waals surface area contributed by atoms with Crippen molar-refractivity contribution in [3.05, 3.63) is 57.5 Å². The summed E-state index contributed by atoms with van der Waals surface area (Å²) in [5, 5.41) is 12.7. The van der Waals surface area contributed by atoms with Crippen molar-refractivity contribution in [2.75, 3.05) is 36.0 Å². The maximum Gasteiger partial charge on any atom is 0.332 e. The average Bonchev–Trinajstić information content (AvgIpc) is 3.24. The van der Waals surface area contributed by atoms with E-state index in [1.807, 2.05) is 29.3 Å². The minimum absolute atomic E-state index is 0.296. The summed E-state index contributed by atoms with van der Waals surface area (Å²) in [5.74, 6) is 2.10. The van der Waals surface area contributed by atoms with Crippen LogP contribution in [0.15, 0.2) is 46.2 Å². The van der Waals surface area contributed by atoms with E-state index in [1.54, 1.807) is 17.9 Å². The van der Waals surface area contributed by atoms with Crippen molar-refractivity contribution in [2.45, 2.75) is 0 Å². The van der Waals surface area contributed by atoms with Crippen LogP contribution in [0.4, 0.5) is 11.6 Å². The molecule has 0 N–H and O–H groups in total. The lowest BCUT2D eigenvalue weighted by Gasteiger charge is -2.36. The van der Waals surface area contributed by atoms with Gasteiger partial charge in [0.2, 0.25) is 0 Å². The van der Waals surface area contributed by atoms with Gasteiger partial charge < -0.3 is 9.80 Å². The predicted octanol–water partition coefficient (Wildman–Crippen LogP) is -0.614. The van der Waals surface area contributed by atoms with Gasteiger partial charge in [-0.05, 0) is 18.2 Å². The Balaban J connectivity index is 1.48. The van der Waals surface area contributed by atoms with E-state index in [0.717, 1.165) is 23.5 Å². The summed E-state index contributed by atoms with van der Waals surface area (Å²) in [4.78, 5) is 28.3. The number of nitrogens with zero attached hydrogens (tertiary/aromatic N) is 8. The second kappa shape index (κ2) is 6.71. The molecule has 0 unspecified atom stereocenters. The second-order valence-electron chi connectivity index (χ2n) is 6.42. The van der Waals surface area contributed by atoms with Gasteiger partial charge in [-0.25, -0.2) is 9.48 Å². The highest BCUT2D eigenvalue weighted by atomic mass is 16.2. The molecule has 3 aromatic rings. The van der Waals surface area contributed by atoms with Gasteiger partial charge in [-0.15, -0.1) is 10.2 Å². The van der Waals surface area contributed by atoms with Crippen LogP contribution in [0.1, 0.15) is 0 Å². The van der Waals surface area contributed by atoms with Crippen molar-refractivity contribution < 1.29 is 0 Å². The number of anilines is 2. The number of rotatable bonds is 3. The van der Waals surface area contributed by atoms with Crippen LogP contribution in [0.2, 0.25) is 0 Å². The fraction of sp³-hybridized carbons (Fsp3) is 0.353. The van der Waals surface area contributed by atoms with Crippen molar-refractivity contribution in [2.24, 2.45) is 14.1 Å². The van der Waals surface area contributed by atoms with Crippen LogP contribution in [0.5, 0.6) is 0 Å². The largest absolute Gasteiger partial charge is 0.354 e. The Hall–Kier alpha value is -3.43. The van der Waals surface area contributed by atoms with Gasteiger partial charge in [0.15, 0.2) is 11.6 Å². The number of piperazine rings is 1. The summed E-state index contributed by atoms with van der Waals surface area (Å²) in [6.45, 7) is 2.81. The van der Waals surface area contributed by atoms with E-state index in [0.29, 0.717) is 24.7 Å². The van der Waals surface area contributed by atoms with E-state index in [2.05, 4.69) is 20.2 Å². The highest BCUT2D eigenvalue weighted by molar-refractivity contribution is 5.45. The van der Waals surface area contributed by atoms with E-state index < -0.39 is 0 Å². The molecule has 0 saturated carbocycles. The Morgan fingerprint density at radius 2 is 1.56 bits per heavy atom. The van der Waals surface area contributed by atoms with Crippen molar-refractivity contribution >= 4 is 11.6 Å². The molecular formula is C17H20N8O2.